The number of carboxylic acid groups (broad SMARTS) is 3. The first-order valence-corrected chi connectivity index (χ1v) is 44.1. The van der Waals surface area contributed by atoms with E-state index in [4.69, 9.17) is 85.2 Å². The van der Waals surface area contributed by atoms with Gasteiger partial charge in [-0.25, -0.2) is 58.3 Å². The second-order valence-electron chi connectivity index (χ2n) is 32.6. The molecule has 5 aliphatic rings. The van der Waals surface area contributed by atoms with E-state index >= 15 is 0 Å². The Labute approximate surface area is 660 Å². The van der Waals surface area contributed by atoms with Crippen LogP contribution < -0.4 is 0 Å². The molecular formula is C73H127I2N6O26P. The number of hydrogen-bond acceptors (Lipinski definition) is 29. The molecule has 5 rings (SSSR count). The van der Waals surface area contributed by atoms with Gasteiger partial charge in [0.15, 0.2) is 0 Å². The molecule has 0 radical (unpaired) electrons. The summed E-state index contributed by atoms with van der Waals surface area (Å²) in [5.74, 6) is -1.73. The standard InChI is InChI=1S/2C25H38N2O6.C12H18N2O2.C5H10O4.2CH2O4.4CH4.H3I2P/c2*1-23(2)9-18(8-20(12-23)32-16-26)6-7-21(29)33-22(30)31-13-19-10-24(3,4)14-25(5,11-19)15-27-17-28;1-11(2)4-10(14-9-16)5-12(3,6-11)7-13-8-15;1-5(2-6,3-7)4(8)9;2*2-1(3)5-4;;;;;1-2-3/h2*18-20H,6-15H2,1-5H3;10H,4-7H2,1-3H3;6-7H,2-3H2,1H3,(H,8,9);2*4H,(H,2,3);4*1H4;2H,3H2/i;;;;;;;;;;2D. The Morgan fingerprint density at radius 1 is 0.519 bits per heavy atom. The van der Waals surface area contributed by atoms with Gasteiger partial charge in [0.25, 0.3) is 12.5 Å². The number of hydrogen-bond donors (Lipinski definition) is 7. The summed E-state index contributed by atoms with van der Waals surface area (Å²) in [7, 11) is 0. The molecule has 0 aromatic rings. The van der Waals surface area contributed by atoms with Crippen molar-refractivity contribution >= 4 is 109 Å². The van der Waals surface area contributed by atoms with Crippen LogP contribution in [0.5, 0.6) is 0 Å². The molecule has 108 heavy (non-hydrogen) atoms. The molecule has 35 heteroatoms. The van der Waals surface area contributed by atoms with Gasteiger partial charge in [-0.3, -0.25) is 24.2 Å². The van der Waals surface area contributed by atoms with Crippen LogP contribution in [0.15, 0.2) is 20.0 Å². The van der Waals surface area contributed by atoms with E-state index in [1.54, 1.807) is 36.8 Å². The van der Waals surface area contributed by atoms with E-state index in [9.17, 15) is 43.2 Å². The molecule has 0 heterocycles. The molecule has 0 aromatic heterocycles. The van der Waals surface area contributed by atoms with Gasteiger partial charge in [-0.2, -0.15) is 21.0 Å². The normalized spacial score (nSPS) is 25.3. The van der Waals surface area contributed by atoms with Crippen LogP contribution in [-0.4, -0.2) is 168 Å². The summed E-state index contributed by atoms with van der Waals surface area (Å²) < 4.78 is 37.3. The minimum atomic E-state index is -1.69. The van der Waals surface area contributed by atoms with E-state index in [1.807, 2.05) is 0 Å². The number of aliphatic imine (C=N–C) groups is 4. The third kappa shape index (κ3) is 51.2. The summed E-state index contributed by atoms with van der Waals surface area (Å²) in [6, 6.07) is 0.00750. The molecule has 0 bridgehead atoms. The molecule has 624 valence electrons. The van der Waals surface area contributed by atoms with E-state index in [0.717, 1.165) is 96.3 Å². The second-order valence-corrected chi connectivity index (χ2v) is 43.7. The van der Waals surface area contributed by atoms with Crippen molar-refractivity contribution in [3.63, 3.8) is 0 Å². The Morgan fingerprint density at radius 3 is 1.07 bits per heavy atom. The molecule has 32 nitrogen and oxygen atoms in total. The van der Waals surface area contributed by atoms with Gasteiger partial charge in [0.2, 0.25) is 24.3 Å². The summed E-state index contributed by atoms with van der Waals surface area (Å²) in [6.45, 7) is 32.0. The van der Waals surface area contributed by atoms with Gasteiger partial charge in [0.1, 0.15) is 17.6 Å². The van der Waals surface area contributed by atoms with Crippen molar-refractivity contribution in [1.29, 1.82) is 11.1 Å². The zero-order valence-electron chi connectivity index (χ0n) is 63.3. The maximum absolute atomic E-state index is 12.2. The molecule has 5 aliphatic carbocycles. The number of carbonyl (C=O) groups is 7. The zero-order valence-corrected chi connectivity index (χ0v) is 67.8. The van der Waals surface area contributed by atoms with Crippen LogP contribution in [0.1, 0.15) is 249 Å². The molecule has 5 fully saturated rings. The minimum absolute atomic E-state index is 0. The molecule has 5 saturated carbocycles. The van der Waals surface area contributed by atoms with Crippen LogP contribution in [0.25, 0.3) is 0 Å². The maximum atomic E-state index is 12.2. The number of rotatable bonds is 22. The van der Waals surface area contributed by atoms with Gasteiger partial charge >= 0.3 is 85.1 Å². The van der Waals surface area contributed by atoms with Crippen molar-refractivity contribution in [1.82, 2.24) is 0 Å². The fourth-order valence-electron chi connectivity index (χ4n) is 16.1. The number of nitrogens with zero attached hydrogens (tertiary/aromatic N) is 6. The van der Waals surface area contributed by atoms with Gasteiger partial charge in [-0.1, -0.05) is 120 Å². The molecular weight excluding hydrogens is 1660 g/mol. The van der Waals surface area contributed by atoms with E-state index in [0.29, 0.717) is 32.5 Å². The number of halogens is 2. The number of nitriles is 2. The van der Waals surface area contributed by atoms with Crippen molar-refractivity contribution in [2.75, 3.05) is 46.1 Å². The number of carboxylic acids is 1. The van der Waals surface area contributed by atoms with Gasteiger partial charge in [-0.15, -0.1) is 0 Å². The molecule has 11 unspecified atom stereocenters. The van der Waals surface area contributed by atoms with Gasteiger partial charge in [-0.05, 0) is 183 Å². The number of ether oxygens (including phenoxy) is 6. The quantitative estimate of drug-likeness (QED) is 0.00506. The Balaban J connectivity index is -0.000000322. The number of aliphatic hydroxyl groups excluding tert-OH is 2. The third-order valence-corrected chi connectivity index (χ3v) is 18.3. The average molecular weight is 1790 g/mol. The van der Waals surface area contributed by atoms with Crippen LogP contribution >= 0.6 is 42.0 Å². The van der Waals surface area contributed by atoms with Crippen molar-refractivity contribution in [3.05, 3.63) is 0 Å². The Kier molecular flexibility index (Phi) is 56.4. The van der Waals surface area contributed by atoms with Crippen LogP contribution in [0.2, 0.25) is 0 Å². The average Bonchev–Trinajstić information content (AvgIpc) is 0.813. The molecule has 0 aromatic carbocycles. The topological polar surface area (TPSA) is 500 Å². The Bertz CT molecular complexity index is 2900. The summed E-state index contributed by atoms with van der Waals surface area (Å²) in [4.78, 5) is 139. The number of carbonyl (C=O) groups excluding carboxylic acids is 8. The number of isocyanates is 4. The SMILES string of the molecule is C.C.C.C.CC(CO)(CO)C(=O)O.CC1(C)CC(CCC(=O)OC(=O)OCC2CC(C)(C)CC(C)(CN=C=O)C2)CC(OC#N)C1.CC1(C)CC(CCC(=O)OC(=O)OCC2CC(C)(C)CC(C)(CN=C=O)C2)CC(OC#N)C1.CC1(C)CC(N=C=O)CC(C)(CN=C=O)C1.O=C(O)OO.O=C(O)OO.[2H]I(P)I. The van der Waals surface area contributed by atoms with Gasteiger partial charge in [0.05, 0.1) is 52.1 Å². The van der Waals surface area contributed by atoms with Crippen molar-refractivity contribution in [3.8, 4) is 12.5 Å². The monoisotopic (exact) mass is 1790 g/mol. The number of esters is 2. The number of aliphatic carboxylic acids is 1. The summed E-state index contributed by atoms with van der Waals surface area (Å²) in [6.07, 6.45) is 18.5. The fraction of sp³-hybridized carbons (Fsp3) is 0.822. The molecule has 0 amide bonds. The van der Waals surface area contributed by atoms with E-state index in [-0.39, 0.29) is 141 Å². The first-order valence-electron chi connectivity index (χ1n) is 34.0. The predicted molar refractivity (Wildman–Crippen MR) is 421 cm³/mol. The van der Waals surface area contributed by atoms with E-state index < -0.39 is 77.6 Å². The summed E-state index contributed by atoms with van der Waals surface area (Å²) in [5.41, 5.74) is -1.53. The van der Waals surface area contributed by atoms with Crippen molar-refractivity contribution in [2.24, 2.45) is 92.4 Å². The van der Waals surface area contributed by atoms with Crippen LogP contribution in [0.3, 0.4) is 0 Å². The van der Waals surface area contributed by atoms with Crippen molar-refractivity contribution in [2.45, 2.75) is 267 Å². The number of aliphatic hydroxyl groups is 2. The summed E-state index contributed by atoms with van der Waals surface area (Å²) >= 11 is 1.00. The first-order chi connectivity index (χ1) is 48.4. The first kappa shape index (κ1) is 110. The van der Waals surface area contributed by atoms with E-state index in [1.165, 1.54) is 6.92 Å². The van der Waals surface area contributed by atoms with Gasteiger partial charge < -0.3 is 54.0 Å². The molecule has 11 atom stereocenters. The zero-order chi connectivity index (χ0) is 81.3. The van der Waals surface area contributed by atoms with Gasteiger partial charge in [0, 0.05) is 12.8 Å². The molecule has 0 aliphatic heterocycles. The molecule has 0 saturated heterocycles. The molecule has 7 N–H and O–H groups in total. The Hall–Kier alpha value is -6.28. The predicted octanol–water partition coefficient (Wildman–Crippen LogP) is 16.6. The van der Waals surface area contributed by atoms with Crippen LogP contribution in [0, 0.1) is 95.4 Å². The third-order valence-electron chi connectivity index (χ3n) is 18.3. The van der Waals surface area contributed by atoms with Crippen molar-refractivity contribution < 1.29 is 127 Å². The fourth-order valence-corrected chi connectivity index (χ4v) is 16.1. The Morgan fingerprint density at radius 2 is 0.815 bits per heavy atom. The van der Waals surface area contributed by atoms with Crippen LogP contribution in [0.4, 0.5) is 19.2 Å². The van der Waals surface area contributed by atoms with Crippen LogP contribution in [-0.2, 0) is 71.8 Å². The summed E-state index contributed by atoms with van der Waals surface area (Å²) in [5, 5.41) is 71.4. The second kappa shape index (κ2) is 55.2. The van der Waals surface area contributed by atoms with E-state index in [2.05, 4.69) is 145 Å². The molecule has 0 spiro atoms.